The number of benzene rings is 6. The van der Waals surface area contributed by atoms with Gasteiger partial charge >= 0.3 is 0 Å². The predicted octanol–water partition coefficient (Wildman–Crippen LogP) is 10.3. The fourth-order valence-electron chi connectivity index (χ4n) is 6.33. The summed E-state index contributed by atoms with van der Waals surface area (Å²) in [6.45, 7) is 4.75. The Balaban J connectivity index is 1.62. The normalized spacial score (nSPS) is 13.2. The molecule has 6 aromatic carbocycles. The molecule has 0 aromatic heterocycles. The van der Waals surface area contributed by atoms with E-state index in [9.17, 15) is 0 Å². The van der Waals surface area contributed by atoms with Crippen LogP contribution in [0.15, 0.2) is 140 Å². The number of fused-ring (bicyclic) bond motifs is 5. The van der Waals surface area contributed by atoms with Crippen molar-refractivity contribution >= 4 is 27.8 Å². The van der Waals surface area contributed by atoms with Crippen molar-refractivity contribution in [1.82, 2.24) is 0 Å². The largest absolute Gasteiger partial charge is 0.309 e. The Bertz CT molecular complexity index is 1780. The number of nitrogens with zero attached hydrogens (tertiary/aromatic N) is 1. The number of para-hydroxylation sites is 2. The van der Waals surface area contributed by atoms with E-state index in [1.54, 1.807) is 0 Å². The lowest BCUT2D eigenvalue weighted by Gasteiger charge is -2.31. The quantitative estimate of drug-likeness (QED) is 0.239. The Morgan fingerprint density at radius 2 is 1.13 bits per heavy atom. The van der Waals surface area contributed by atoms with Gasteiger partial charge in [-0.15, -0.1) is 0 Å². The summed E-state index contributed by atoms with van der Waals surface area (Å²) in [6.07, 6.45) is 0. The zero-order chi connectivity index (χ0) is 25.7. The molecule has 1 aliphatic rings. The van der Waals surface area contributed by atoms with Crippen molar-refractivity contribution < 1.29 is 0 Å². The Labute approximate surface area is 224 Å². The van der Waals surface area contributed by atoms with Gasteiger partial charge in [0.25, 0.3) is 0 Å². The summed E-state index contributed by atoms with van der Waals surface area (Å²) in [6, 6.07) is 50.5. The second kappa shape index (κ2) is 8.75. The summed E-state index contributed by atoms with van der Waals surface area (Å²) in [5.41, 5.74) is 11.3. The van der Waals surface area contributed by atoms with Gasteiger partial charge < -0.3 is 4.90 Å². The van der Waals surface area contributed by atoms with Crippen molar-refractivity contribution in [2.75, 3.05) is 4.90 Å². The van der Waals surface area contributed by atoms with Crippen molar-refractivity contribution in [1.29, 1.82) is 0 Å². The third-order valence-electron chi connectivity index (χ3n) is 8.01. The molecule has 0 unspecified atom stereocenters. The second-order valence-electron chi connectivity index (χ2n) is 10.6. The summed E-state index contributed by atoms with van der Waals surface area (Å²) < 4.78 is 0. The smallest absolute Gasteiger partial charge is 0.0549 e. The fourth-order valence-corrected chi connectivity index (χ4v) is 6.33. The molecule has 0 bridgehead atoms. The van der Waals surface area contributed by atoms with Crippen molar-refractivity contribution in [2.45, 2.75) is 19.3 Å². The average Bonchev–Trinajstić information content (AvgIpc) is 3.22. The summed E-state index contributed by atoms with van der Waals surface area (Å²) in [7, 11) is 0. The molecule has 0 atom stereocenters. The maximum absolute atomic E-state index is 2.46. The van der Waals surface area contributed by atoms with Crippen LogP contribution in [-0.4, -0.2) is 0 Å². The molecule has 1 aliphatic carbocycles. The number of hydrogen-bond donors (Lipinski definition) is 0. The molecule has 0 fully saturated rings. The van der Waals surface area contributed by atoms with Gasteiger partial charge in [0.1, 0.15) is 0 Å². The van der Waals surface area contributed by atoms with Crippen LogP contribution in [0.3, 0.4) is 0 Å². The molecule has 0 radical (unpaired) electrons. The number of hydrogen-bond acceptors (Lipinski definition) is 1. The molecule has 0 spiro atoms. The van der Waals surface area contributed by atoms with Gasteiger partial charge in [0.05, 0.1) is 11.4 Å². The van der Waals surface area contributed by atoms with Gasteiger partial charge in [-0.3, -0.25) is 0 Å². The van der Waals surface area contributed by atoms with E-state index >= 15 is 0 Å². The molecular formula is C37H29N. The molecular weight excluding hydrogens is 458 g/mol. The van der Waals surface area contributed by atoms with E-state index in [1.807, 2.05) is 0 Å². The van der Waals surface area contributed by atoms with Gasteiger partial charge in [0.15, 0.2) is 0 Å². The van der Waals surface area contributed by atoms with Gasteiger partial charge in [-0.2, -0.15) is 0 Å². The Kier molecular flexibility index (Phi) is 5.19. The molecule has 0 heterocycles. The number of rotatable bonds is 4. The van der Waals surface area contributed by atoms with Gasteiger partial charge in [-0.25, -0.2) is 0 Å². The van der Waals surface area contributed by atoms with Crippen LogP contribution in [0, 0.1) is 0 Å². The summed E-state index contributed by atoms with van der Waals surface area (Å²) >= 11 is 0. The van der Waals surface area contributed by atoms with Gasteiger partial charge in [0, 0.05) is 22.2 Å². The minimum atomic E-state index is -0.108. The minimum Gasteiger partial charge on any atom is -0.309 e. The van der Waals surface area contributed by atoms with Gasteiger partial charge in [-0.1, -0.05) is 129 Å². The van der Waals surface area contributed by atoms with Crippen LogP contribution in [0.1, 0.15) is 25.0 Å². The van der Waals surface area contributed by atoms with E-state index in [4.69, 9.17) is 0 Å². The molecule has 6 aromatic rings. The minimum absolute atomic E-state index is 0.108. The van der Waals surface area contributed by atoms with E-state index in [1.165, 1.54) is 55.5 Å². The maximum atomic E-state index is 2.46. The molecule has 0 aliphatic heterocycles. The van der Waals surface area contributed by atoms with Crippen molar-refractivity contribution in [3.05, 3.63) is 151 Å². The zero-order valence-electron chi connectivity index (χ0n) is 21.7. The topological polar surface area (TPSA) is 3.24 Å². The molecule has 0 saturated carbocycles. The lowest BCUT2D eigenvalue weighted by Crippen LogP contribution is -2.17. The van der Waals surface area contributed by atoms with Crippen molar-refractivity contribution in [3.63, 3.8) is 0 Å². The van der Waals surface area contributed by atoms with Crippen LogP contribution in [0.4, 0.5) is 17.1 Å². The summed E-state index contributed by atoms with van der Waals surface area (Å²) in [5, 5.41) is 2.59. The first-order valence-corrected chi connectivity index (χ1v) is 13.3. The van der Waals surface area contributed by atoms with Gasteiger partial charge in [-0.05, 0) is 57.3 Å². The first kappa shape index (κ1) is 22.6. The molecule has 1 heteroatoms. The summed E-state index contributed by atoms with van der Waals surface area (Å²) in [4.78, 5) is 2.46. The van der Waals surface area contributed by atoms with Gasteiger partial charge in [0.2, 0.25) is 0 Å². The van der Waals surface area contributed by atoms with E-state index in [2.05, 4.69) is 158 Å². The molecule has 38 heavy (non-hydrogen) atoms. The summed E-state index contributed by atoms with van der Waals surface area (Å²) in [5.74, 6) is 0. The van der Waals surface area contributed by atoms with Crippen LogP contribution in [-0.2, 0) is 5.41 Å². The Hall–Kier alpha value is -4.62. The highest BCUT2D eigenvalue weighted by molar-refractivity contribution is 6.06. The third kappa shape index (κ3) is 3.39. The molecule has 0 saturated heterocycles. The highest BCUT2D eigenvalue weighted by atomic mass is 15.1. The lowest BCUT2D eigenvalue weighted by atomic mass is 9.80. The Morgan fingerprint density at radius 3 is 1.92 bits per heavy atom. The zero-order valence-corrected chi connectivity index (χ0v) is 21.7. The number of anilines is 3. The molecule has 7 rings (SSSR count). The molecule has 0 N–H and O–H groups in total. The van der Waals surface area contributed by atoms with Crippen molar-refractivity contribution in [3.8, 4) is 22.3 Å². The van der Waals surface area contributed by atoms with Crippen LogP contribution in [0.2, 0.25) is 0 Å². The SMILES string of the molecule is CC1(C)c2ccccc2-c2c(N(c3ccccc3)c3ccccc3-c3ccccc3)cc3ccccc3c21. The van der Waals surface area contributed by atoms with Crippen molar-refractivity contribution in [2.24, 2.45) is 0 Å². The molecule has 1 nitrogen and oxygen atoms in total. The fraction of sp³-hybridized carbons (Fsp3) is 0.0811. The van der Waals surface area contributed by atoms with E-state index in [0.29, 0.717) is 0 Å². The van der Waals surface area contributed by atoms with Crippen LogP contribution >= 0.6 is 0 Å². The Morgan fingerprint density at radius 1 is 0.526 bits per heavy atom. The third-order valence-corrected chi connectivity index (χ3v) is 8.01. The highest BCUT2D eigenvalue weighted by Gasteiger charge is 2.39. The van der Waals surface area contributed by atoms with E-state index in [0.717, 1.165) is 5.69 Å². The first-order valence-electron chi connectivity index (χ1n) is 13.3. The standard InChI is InChI=1S/C37H29N/c1-37(2)32-23-13-11-22-31(32)35-34(25-27-17-9-10-21-30(27)36(35)37)38(28-18-7-4-8-19-28)33-24-14-12-20-29(33)26-15-5-3-6-16-26/h3-25H,1-2H3. The maximum Gasteiger partial charge on any atom is 0.0549 e. The monoisotopic (exact) mass is 487 g/mol. The second-order valence-corrected chi connectivity index (χ2v) is 10.6. The van der Waals surface area contributed by atoms with Crippen LogP contribution in [0.5, 0.6) is 0 Å². The first-order chi connectivity index (χ1) is 18.6. The van der Waals surface area contributed by atoms with E-state index < -0.39 is 0 Å². The van der Waals surface area contributed by atoms with Crippen LogP contribution < -0.4 is 4.90 Å². The predicted molar refractivity (Wildman–Crippen MR) is 162 cm³/mol. The van der Waals surface area contributed by atoms with E-state index in [-0.39, 0.29) is 5.41 Å². The lowest BCUT2D eigenvalue weighted by molar-refractivity contribution is 0.666. The average molecular weight is 488 g/mol. The van der Waals surface area contributed by atoms with Crippen LogP contribution in [0.25, 0.3) is 33.0 Å². The molecule has 0 amide bonds. The highest BCUT2D eigenvalue weighted by Crippen LogP contribution is 2.57. The molecule has 182 valence electrons.